The lowest BCUT2D eigenvalue weighted by Gasteiger charge is -2.34. The summed E-state index contributed by atoms with van der Waals surface area (Å²) in [6.45, 7) is 1.88. The minimum Gasteiger partial charge on any atom is -0.354 e. The van der Waals surface area contributed by atoms with Crippen LogP contribution < -0.4 is 5.32 Å². The molecule has 1 N–H and O–H groups in total. The Morgan fingerprint density at radius 2 is 1.93 bits per heavy atom. The molecule has 1 heterocycles. The van der Waals surface area contributed by atoms with Crippen molar-refractivity contribution in [1.82, 2.24) is 15.1 Å². The summed E-state index contributed by atoms with van der Waals surface area (Å²) < 4.78 is 0. The molecule has 1 aliphatic heterocycles. The molecule has 2 atom stereocenters. The van der Waals surface area contributed by atoms with Gasteiger partial charge in [0.05, 0.1) is 0 Å². The van der Waals surface area contributed by atoms with Crippen molar-refractivity contribution in [2.24, 2.45) is 5.92 Å². The Kier molecular flexibility index (Phi) is 6.34. The number of rotatable bonds is 6. The fraction of sp³-hybridized carbons (Fsp3) is 0.500. The summed E-state index contributed by atoms with van der Waals surface area (Å²) in [5.74, 6) is -2.07. The summed E-state index contributed by atoms with van der Waals surface area (Å²) in [5, 5.41) is 3.30. The minimum atomic E-state index is -0.923. The van der Waals surface area contributed by atoms with Gasteiger partial charge in [-0.05, 0) is 42.9 Å². The molecule has 0 bridgehead atoms. The van der Waals surface area contributed by atoms with Gasteiger partial charge in [-0.25, -0.2) is 9.69 Å². The Hall–Kier alpha value is -2.41. The van der Waals surface area contributed by atoms with Crippen molar-refractivity contribution in [1.29, 1.82) is 0 Å². The summed E-state index contributed by atoms with van der Waals surface area (Å²) in [6, 6.07) is 6.35. The second-order valence-electron chi connectivity index (χ2n) is 7.41. The number of amides is 5. The molecule has 3 rings (SSSR count). The molecule has 8 heteroatoms. The van der Waals surface area contributed by atoms with E-state index in [1.54, 1.807) is 6.07 Å². The Balaban J connectivity index is 1.55. The van der Waals surface area contributed by atoms with E-state index in [0.717, 1.165) is 34.6 Å². The molecule has 1 saturated carbocycles. The van der Waals surface area contributed by atoms with Gasteiger partial charge in [0.1, 0.15) is 6.54 Å². The van der Waals surface area contributed by atoms with Gasteiger partial charge < -0.3 is 5.32 Å². The molecule has 2 aliphatic rings. The van der Waals surface area contributed by atoms with Gasteiger partial charge in [0.2, 0.25) is 5.91 Å². The van der Waals surface area contributed by atoms with E-state index in [1.807, 2.05) is 25.1 Å². The fourth-order valence-corrected chi connectivity index (χ4v) is 4.09. The number of imide groups is 2. The van der Waals surface area contributed by atoms with Crippen LogP contribution in [0.15, 0.2) is 24.3 Å². The quantitative estimate of drug-likeness (QED) is 0.581. The lowest BCUT2D eigenvalue weighted by atomic mass is 9.85. The summed E-state index contributed by atoms with van der Waals surface area (Å²) in [6.07, 6.45) is 4.16. The van der Waals surface area contributed by atoms with Crippen molar-refractivity contribution < 1.29 is 19.2 Å². The fourth-order valence-electron chi connectivity index (χ4n) is 3.87. The van der Waals surface area contributed by atoms with Gasteiger partial charge in [-0.1, -0.05) is 43.5 Å². The van der Waals surface area contributed by atoms with E-state index in [9.17, 15) is 19.2 Å². The van der Waals surface area contributed by atoms with Crippen molar-refractivity contribution in [2.45, 2.75) is 45.1 Å². The highest BCUT2D eigenvalue weighted by molar-refractivity contribution is 6.45. The van der Waals surface area contributed by atoms with Gasteiger partial charge in [-0.3, -0.25) is 19.3 Å². The largest absolute Gasteiger partial charge is 0.354 e. The molecular weight excluding hydrogens is 382 g/mol. The molecule has 5 amide bonds. The van der Waals surface area contributed by atoms with Crippen LogP contribution in [0, 0.1) is 5.92 Å². The molecule has 1 aliphatic carbocycles. The highest BCUT2D eigenvalue weighted by atomic mass is 35.5. The molecule has 7 nitrogen and oxygen atoms in total. The first-order chi connectivity index (χ1) is 13.4. The van der Waals surface area contributed by atoms with E-state index in [2.05, 4.69) is 5.32 Å². The number of hydrogen-bond acceptors (Lipinski definition) is 4. The maximum absolute atomic E-state index is 12.7. The van der Waals surface area contributed by atoms with E-state index < -0.39 is 30.3 Å². The number of halogens is 1. The lowest BCUT2D eigenvalue weighted by molar-refractivity contribution is -0.145. The Bertz CT molecular complexity index is 797. The molecule has 0 spiro atoms. The first-order valence-corrected chi connectivity index (χ1v) is 9.96. The third-order valence-corrected chi connectivity index (χ3v) is 5.64. The van der Waals surface area contributed by atoms with E-state index in [0.29, 0.717) is 24.4 Å². The van der Waals surface area contributed by atoms with Crippen molar-refractivity contribution >= 4 is 35.4 Å². The molecule has 1 saturated heterocycles. The van der Waals surface area contributed by atoms with Crippen LogP contribution in [0.25, 0.3) is 0 Å². The second-order valence-corrected chi connectivity index (χ2v) is 7.84. The van der Waals surface area contributed by atoms with Crippen LogP contribution in [0.1, 0.15) is 38.2 Å². The Labute approximate surface area is 169 Å². The molecule has 28 heavy (non-hydrogen) atoms. The van der Waals surface area contributed by atoms with E-state index in [1.165, 1.54) is 0 Å². The van der Waals surface area contributed by atoms with E-state index in [-0.39, 0.29) is 12.0 Å². The first kappa shape index (κ1) is 20.3. The number of carbonyl (C=O) groups is 4. The zero-order valence-electron chi connectivity index (χ0n) is 15.8. The highest BCUT2D eigenvalue weighted by Gasteiger charge is 2.49. The summed E-state index contributed by atoms with van der Waals surface area (Å²) in [5.41, 5.74) is 0.966. The van der Waals surface area contributed by atoms with Gasteiger partial charge in [-0.15, -0.1) is 0 Å². The summed E-state index contributed by atoms with van der Waals surface area (Å²) in [4.78, 5) is 51.3. The number of hydrogen-bond donors (Lipinski definition) is 1. The standard InChI is InChI=1S/C20H24ClN3O4/c1-13-5-2-3-8-16(13)24-19(27)18(26)23(20(24)28)12-17(25)22-10-9-14-6-4-7-15(21)11-14/h4,6-7,11,13,16H,2-3,5,8-10,12H2,1H3,(H,22,25)/t13-,16+/m1/s1. The SMILES string of the molecule is C[C@@H]1CCCC[C@@H]1N1C(=O)C(=O)N(CC(=O)NCCc2cccc(Cl)c2)C1=O. The smallest absolute Gasteiger partial charge is 0.334 e. The lowest BCUT2D eigenvalue weighted by Crippen LogP contribution is -2.47. The van der Waals surface area contributed by atoms with Gasteiger partial charge in [0, 0.05) is 17.6 Å². The van der Waals surface area contributed by atoms with Crippen LogP contribution >= 0.6 is 11.6 Å². The molecule has 1 aromatic carbocycles. The molecule has 1 aromatic rings. The van der Waals surface area contributed by atoms with Crippen LogP contribution in [-0.4, -0.2) is 52.7 Å². The average molecular weight is 406 g/mol. The van der Waals surface area contributed by atoms with Crippen LogP contribution in [-0.2, 0) is 20.8 Å². The minimum absolute atomic E-state index is 0.154. The van der Waals surface area contributed by atoms with Crippen molar-refractivity contribution in [3.63, 3.8) is 0 Å². The third kappa shape index (κ3) is 4.35. The Morgan fingerprint density at radius 1 is 1.18 bits per heavy atom. The zero-order chi connectivity index (χ0) is 20.3. The van der Waals surface area contributed by atoms with Crippen LogP contribution in [0.3, 0.4) is 0 Å². The van der Waals surface area contributed by atoms with Gasteiger partial charge in [0.25, 0.3) is 0 Å². The summed E-state index contributed by atoms with van der Waals surface area (Å²) in [7, 11) is 0. The van der Waals surface area contributed by atoms with Crippen LogP contribution in [0.2, 0.25) is 5.02 Å². The van der Waals surface area contributed by atoms with E-state index in [4.69, 9.17) is 11.6 Å². The number of nitrogens with one attached hydrogen (secondary N) is 1. The molecule has 150 valence electrons. The predicted molar refractivity (Wildman–Crippen MR) is 104 cm³/mol. The first-order valence-electron chi connectivity index (χ1n) is 9.58. The van der Waals surface area contributed by atoms with Crippen LogP contribution in [0.5, 0.6) is 0 Å². The normalized spacial score (nSPS) is 22.7. The van der Waals surface area contributed by atoms with Crippen molar-refractivity contribution in [2.75, 3.05) is 13.1 Å². The van der Waals surface area contributed by atoms with E-state index >= 15 is 0 Å². The average Bonchev–Trinajstić information content (AvgIpc) is 2.86. The van der Waals surface area contributed by atoms with Gasteiger partial charge >= 0.3 is 17.8 Å². The van der Waals surface area contributed by atoms with Crippen LogP contribution in [0.4, 0.5) is 4.79 Å². The Morgan fingerprint density at radius 3 is 2.64 bits per heavy atom. The predicted octanol–water partition coefficient (Wildman–Crippen LogP) is 2.37. The van der Waals surface area contributed by atoms with Crippen molar-refractivity contribution in [3.8, 4) is 0 Å². The summed E-state index contributed by atoms with van der Waals surface area (Å²) >= 11 is 5.93. The monoisotopic (exact) mass is 405 g/mol. The maximum atomic E-state index is 12.7. The number of nitrogens with zero attached hydrogens (tertiary/aromatic N) is 2. The number of benzene rings is 1. The maximum Gasteiger partial charge on any atom is 0.334 e. The molecule has 0 aromatic heterocycles. The topological polar surface area (TPSA) is 86.8 Å². The highest BCUT2D eigenvalue weighted by Crippen LogP contribution is 2.31. The molecule has 2 fully saturated rings. The second kappa shape index (κ2) is 8.73. The van der Waals surface area contributed by atoms with Gasteiger partial charge in [0.15, 0.2) is 0 Å². The third-order valence-electron chi connectivity index (χ3n) is 5.41. The molecule has 0 unspecified atom stereocenters. The molecule has 0 radical (unpaired) electrons. The van der Waals surface area contributed by atoms with Crippen molar-refractivity contribution in [3.05, 3.63) is 34.9 Å². The van der Waals surface area contributed by atoms with Gasteiger partial charge in [-0.2, -0.15) is 0 Å². The number of carbonyl (C=O) groups excluding carboxylic acids is 4. The zero-order valence-corrected chi connectivity index (χ0v) is 16.6. The molecular formula is C20H24ClN3O4. The number of urea groups is 1.